The van der Waals surface area contributed by atoms with Crippen LogP contribution in [0.2, 0.25) is 0 Å². The van der Waals surface area contributed by atoms with Gasteiger partial charge in [-0.2, -0.15) is 0 Å². The van der Waals surface area contributed by atoms with E-state index in [-0.39, 0.29) is 6.04 Å². The Morgan fingerprint density at radius 1 is 1.11 bits per heavy atom. The molecule has 5 nitrogen and oxygen atoms in total. The number of hydrogen-bond donors (Lipinski definition) is 1. The van der Waals surface area contributed by atoms with Crippen LogP contribution in [0.15, 0.2) is 0 Å². The van der Waals surface area contributed by atoms with Crippen molar-refractivity contribution in [1.82, 2.24) is 4.90 Å². The van der Waals surface area contributed by atoms with Crippen LogP contribution in [0.3, 0.4) is 0 Å². The molecule has 2 atom stereocenters. The summed E-state index contributed by atoms with van der Waals surface area (Å²) in [5.41, 5.74) is 6.04. The standard InChI is InChI=1S/C14H30N2O3/c1-13(15)14-5-3-4-6-16(14)7-8-18-11-12-19-10-9-17-2/h13-14H,3-12,15H2,1-2H3. The van der Waals surface area contributed by atoms with Gasteiger partial charge in [-0.25, -0.2) is 0 Å². The van der Waals surface area contributed by atoms with Crippen LogP contribution < -0.4 is 5.73 Å². The summed E-state index contributed by atoms with van der Waals surface area (Å²) in [6.45, 7) is 7.57. The zero-order chi connectivity index (χ0) is 13.9. The van der Waals surface area contributed by atoms with Gasteiger partial charge in [0.2, 0.25) is 0 Å². The minimum atomic E-state index is 0.248. The average molecular weight is 274 g/mol. The second kappa shape index (κ2) is 10.6. The molecule has 19 heavy (non-hydrogen) atoms. The first-order valence-corrected chi connectivity index (χ1v) is 7.39. The highest BCUT2D eigenvalue weighted by molar-refractivity contribution is 4.82. The fourth-order valence-electron chi connectivity index (χ4n) is 2.54. The topological polar surface area (TPSA) is 57.0 Å². The molecule has 0 aromatic carbocycles. The van der Waals surface area contributed by atoms with Crippen molar-refractivity contribution in [3.05, 3.63) is 0 Å². The number of hydrogen-bond acceptors (Lipinski definition) is 5. The van der Waals surface area contributed by atoms with Crippen LogP contribution in [-0.4, -0.2) is 70.2 Å². The van der Waals surface area contributed by atoms with Crippen LogP contribution in [0, 0.1) is 0 Å². The van der Waals surface area contributed by atoms with Crippen molar-refractivity contribution in [3.8, 4) is 0 Å². The number of nitrogens with zero attached hydrogens (tertiary/aromatic N) is 1. The Balaban J connectivity index is 2.01. The molecule has 1 fully saturated rings. The quantitative estimate of drug-likeness (QED) is 0.599. The van der Waals surface area contributed by atoms with Gasteiger partial charge in [0.25, 0.3) is 0 Å². The Morgan fingerprint density at radius 2 is 1.79 bits per heavy atom. The molecule has 0 saturated carbocycles. The second-order valence-electron chi connectivity index (χ2n) is 5.18. The summed E-state index contributed by atoms with van der Waals surface area (Å²) in [4.78, 5) is 2.47. The van der Waals surface area contributed by atoms with E-state index in [0.29, 0.717) is 32.5 Å². The number of rotatable bonds is 10. The molecule has 1 aliphatic heterocycles. The Bertz CT molecular complexity index is 215. The maximum atomic E-state index is 6.04. The molecule has 2 N–H and O–H groups in total. The van der Waals surface area contributed by atoms with Crippen LogP contribution in [0.1, 0.15) is 26.2 Å². The maximum Gasteiger partial charge on any atom is 0.0701 e. The molecule has 0 bridgehead atoms. The smallest absolute Gasteiger partial charge is 0.0701 e. The number of nitrogens with two attached hydrogens (primary N) is 1. The largest absolute Gasteiger partial charge is 0.382 e. The molecule has 0 aromatic heterocycles. The van der Waals surface area contributed by atoms with E-state index >= 15 is 0 Å². The van der Waals surface area contributed by atoms with Gasteiger partial charge in [0.1, 0.15) is 0 Å². The van der Waals surface area contributed by atoms with E-state index in [1.165, 1.54) is 19.3 Å². The second-order valence-corrected chi connectivity index (χ2v) is 5.18. The molecule has 0 amide bonds. The van der Waals surface area contributed by atoms with E-state index in [2.05, 4.69) is 11.8 Å². The van der Waals surface area contributed by atoms with Crippen molar-refractivity contribution in [2.75, 3.05) is 53.2 Å². The zero-order valence-electron chi connectivity index (χ0n) is 12.5. The van der Waals surface area contributed by atoms with Crippen LogP contribution in [0.25, 0.3) is 0 Å². The maximum absolute atomic E-state index is 6.04. The normalized spacial score (nSPS) is 22.6. The van der Waals surface area contributed by atoms with E-state index in [1.54, 1.807) is 7.11 Å². The average Bonchev–Trinajstić information content (AvgIpc) is 2.42. The molecular formula is C14H30N2O3. The van der Waals surface area contributed by atoms with Gasteiger partial charge >= 0.3 is 0 Å². The Labute approximate surface area is 117 Å². The highest BCUT2D eigenvalue weighted by Crippen LogP contribution is 2.18. The summed E-state index contributed by atoms with van der Waals surface area (Å²) < 4.78 is 15.8. The van der Waals surface area contributed by atoms with Gasteiger partial charge in [-0.3, -0.25) is 4.90 Å². The minimum Gasteiger partial charge on any atom is -0.382 e. The van der Waals surface area contributed by atoms with Crippen LogP contribution >= 0.6 is 0 Å². The Morgan fingerprint density at radius 3 is 2.47 bits per heavy atom. The highest BCUT2D eigenvalue weighted by atomic mass is 16.5. The fourth-order valence-corrected chi connectivity index (χ4v) is 2.54. The molecule has 0 aliphatic carbocycles. The monoisotopic (exact) mass is 274 g/mol. The first kappa shape index (κ1) is 16.9. The molecule has 2 unspecified atom stereocenters. The van der Waals surface area contributed by atoms with E-state index in [0.717, 1.165) is 19.7 Å². The van der Waals surface area contributed by atoms with Crippen molar-refractivity contribution in [1.29, 1.82) is 0 Å². The molecule has 1 rings (SSSR count). The van der Waals surface area contributed by atoms with Crippen molar-refractivity contribution < 1.29 is 14.2 Å². The third-order valence-corrected chi connectivity index (χ3v) is 3.60. The first-order chi connectivity index (χ1) is 9.25. The SMILES string of the molecule is COCCOCCOCCN1CCCCC1C(C)N. The molecule has 0 radical (unpaired) electrons. The summed E-state index contributed by atoms with van der Waals surface area (Å²) in [7, 11) is 1.67. The summed E-state index contributed by atoms with van der Waals surface area (Å²) >= 11 is 0. The molecule has 1 heterocycles. The molecule has 5 heteroatoms. The van der Waals surface area contributed by atoms with Crippen molar-refractivity contribution >= 4 is 0 Å². The molecule has 1 aliphatic rings. The van der Waals surface area contributed by atoms with Crippen LogP contribution in [0.5, 0.6) is 0 Å². The number of piperidine rings is 1. The van der Waals surface area contributed by atoms with Gasteiger partial charge in [0.05, 0.1) is 33.0 Å². The summed E-state index contributed by atoms with van der Waals surface area (Å²) in [6.07, 6.45) is 3.80. The molecule has 114 valence electrons. The fraction of sp³-hybridized carbons (Fsp3) is 1.00. The van der Waals surface area contributed by atoms with Gasteiger partial charge < -0.3 is 19.9 Å². The lowest BCUT2D eigenvalue weighted by molar-refractivity contribution is 0.0125. The third kappa shape index (κ3) is 7.22. The van der Waals surface area contributed by atoms with Gasteiger partial charge in [-0.15, -0.1) is 0 Å². The summed E-state index contributed by atoms with van der Waals surface area (Å²) in [5.74, 6) is 0. The predicted octanol–water partition coefficient (Wildman–Crippen LogP) is 0.868. The van der Waals surface area contributed by atoms with Gasteiger partial charge in [-0.05, 0) is 26.3 Å². The van der Waals surface area contributed by atoms with Gasteiger partial charge in [-0.1, -0.05) is 6.42 Å². The Kier molecular flexibility index (Phi) is 9.38. The lowest BCUT2D eigenvalue weighted by atomic mass is 9.97. The third-order valence-electron chi connectivity index (χ3n) is 3.60. The van der Waals surface area contributed by atoms with Crippen molar-refractivity contribution in [2.45, 2.75) is 38.3 Å². The van der Waals surface area contributed by atoms with Crippen molar-refractivity contribution in [2.24, 2.45) is 5.73 Å². The minimum absolute atomic E-state index is 0.248. The van der Waals surface area contributed by atoms with Gasteiger partial charge in [0.15, 0.2) is 0 Å². The number of likely N-dealkylation sites (tertiary alicyclic amines) is 1. The van der Waals surface area contributed by atoms with E-state index in [1.807, 2.05) is 0 Å². The van der Waals surface area contributed by atoms with E-state index < -0.39 is 0 Å². The van der Waals surface area contributed by atoms with E-state index in [4.69, 9.17) is 19.9 Å². The lowest BCUT2D eigenvalue weighted by Crippen LogP contribution is -2.50. The predicted molar refractivity (Wildman–Crippen MR) is 76.4 cm³/mol. The van der Waals surface area contributed by atoms with Crippen LogP contribution in [-0.2, 0) is 14.2 Å². The lowest BCUT2D eigenvalue weighted by Gasteiger charge is -2.37. The zero-order valence-corrected chi connectivity index (χ0v) is 12.5. The first-order valence-electron chi connectivity index (χ1n) is 7.39. The van der Waals surface area contributed by atoms with Gasteiger partial charge in [0, 0.05) is 25.7 Å². The number of methoxy groups -OCH3 is 1. The molecule has 0 spiro atoms. The van der Waals surface area contributed by atoms with Crippen LogP contribution in [0.4, 0.5) is 0 Å². The molecular weight excluding hydrogens is 244 g/mol. The molecule has 0 aromatic rings. The molecule has 1 saturated heterocycles. The van der Waals surface area contributed by atoms with Crippen molar-refractivity contribution in [3.63, 3.8) is 0 Å². The highest BCUT2D eigenvalue weighted by Gasteiger charge is 2.24. The summed E-state index contributed by atoms with van der Waals surface area (Å²) in [5, 5.41) is 0. The van der Waals surface area contributed by atoms with E-state index in [9.17, 15) is 0 Å². The number of ether oxygens (including phenoxy) is 3. The summed E-state index contributed by atoms with van der Waals surface area (Å²) in [6, 6.07) is 0.771. The Hall–Kier alpha value is -0.200.